The van der Waals surface area contributed by atoms with Crippen molar-refractivity contribution in [2.75, 3.05) is 19.6 Å². The molecule has 1 atom stereocenters. The molecule has 0 amide bonds. The molecule has 1 aromatic heterocycles. The zero-order chi connectivity index (χ0) is 23.6. The summed E-state index contributed by atoms with van der Waals surface area (Å²) in [5.41, 5.74) is 3.90. The SMILES string of the molecule is CCCCN(CCCC)CC(O)Cn1cc(C=CC(=O)c2ccc(C)cc2)c2ccccc21. The number of allylic oxidation sites excluding steroid dienone is 1. The van der Waals surface area contributed by atoms with Gasteiger partial charge in [0.25, 0.3) is 0 Å². The number of aryl methyl sites for hydroxylation is 1. The smallest absolute Gasteiger partial charge is 0.185 e. The highest BCUT2D eigenvalue weighted by atomic mass is 16.3. The number of nitrogens with zero attached hydrogens (tertiary/aromatic N) is 2. The van der Waals surface area contributed by atoms with Crippen LogP contribution >= 0.6 is 0 Å². The Hall–Kier alpha value is -2.69. The van der Waals surface area contributed by atoms with Crippen LogP contribution in [0.2, 0.25) is 0 Å². The highest BCUT2D eigenvalue weighted by Gasteiger charge is 2.14. The number of carbonyl (C=O) groups is 1. The third-order valence-corrected chi connectivity index (χ3v) is 6.10. The lowest BCUT2D eigenvalue weighted by Crippen LogP contribution is -2.36. The summed E-state index contributed by atoms with van der Waals surface area (Å²) in [4.78, 5) is 15.0. The van der Waals surface area contributed by atoms with Crippen LogP contribution in [0.15, 0.2) is 60.8 Å². The maximum atomic E-state index is 12.6. The number of para-hydroxylation sites is 1. The number of benzene rings is 2. The Morgan fingerprint density at radius 3 is 2.36 bits per heavy atom. The molecular weight excluding hydrogens is 408 g/mol. The minimum Gasteiger partial charge on any atom is -0.390 e. The Morgan fingerprint density at radius 2 is 1.70 bits per heavy atom. The van der Waals surface area contributed by atoms with Crippen LogP contribution in [0.1, 0.15) is 61.0 Å². The Balaban J connectivity index is 1.74. The number of aliphatic hydroxyl groups is 1. The predicted molar refractivity (Wildman–Crippen MR) is 139 cm³/mol. The average Bonchev–Trinajstić information content (AvgIpc) is 3.17. The number of fused-ring (bicyclic) bond motifs is 1. The van der Waals surface area contributed by atoms with E-state index in [0.29, 0.717) is 18.7 Å². The molecule has 2 aromatic carbocycles. The van der Waals surface area contributed by atoms with Gasteiger partial charge in [0.1, 0.15) is 0 Å². The van der Waals surface area contributed by atoms with Crippen LogP contribution in [-0.2, 0) is 6.54 Å². The second kappa shape index (κ2) is 12.5. The number of hydrogen-bond acceptors (Lipinski definition) is 3. The number of rotatable bonds is 13. The number of carbonyl (C=O) groups excluding carboxylic acids is 1. The van der Waals surface area contributed by atoms with Gasteiger partial charge in [-0.3, -0.25) is 4.79 Å². The first-order valence-electron chi connectivity index (χ1n) is 12.3. The predicted octanol–water partition coefficient (Wildman–Crippen LogP) is 6.11. The van der Waals surface area contributed by atoms with E-state index < -0.39 is 6.10 Å². The molecule has 4 nitrogen and oxygen atoms in total. The molecule has 33 heavy (non-hydrogen) atoms. The number of aliphatic hydroxyl groups excluding tert-OH is 1. The first kappa shape index (κ1) is 24.9. The second-order valence-electron chi connectivity index (χ2n) is 8.98. The largest absolute Gasteiger partial charge is 0.390 e. The molecule has 0 spiro atoms. The van der Waals surface area contributed by atoms with Crippen molar-refractivity contribution in [1.29, 1.82) is 0 Å². The Morgan fingerprint density at radius 1 is 1.03 bits per heavy atom. The molecule has 1 N–H and O–H groups in total. The van der Waals surface area contributed by atoms with Crippen LogP contribution in [0, 0.1) is 6.92 Å². The van der Waals surface area contributed by atoms with Gasteiger partial charge < -0.3 is 14.6 Å². The summed E-state index contributed by atoms with van der Waals surface area (Å²) in [6, 6.07) is 15.8. The van der Waals surface area contributed by atoms with Crippen molar-refractivity contribution in [3.05, 3.63) is 77.5 Å². The summed E-state index contributed by atoms with van der Waals surface area (Å²) in [7, 11) is 0. The minimum atomic E-state index is -0.444. The third kappa shape index (κ3) is 7.15. The second-order valence-corrected chi connectivity index (χ2v) is 8.98. The van der Waals surface area contributed by atoms with Crippen LogP contribution in [-0.4, -0.2) is 46.1 Å². The van der Waals surface area contributed by atoms with Gasteiger partial charge in [-0.1, -0.05) is 74.7 Å². The van der Waals surface area contributed by atoms with Gasteiger partial charge in [-0.05, 0) is 51.1 Å². The van der Waals surface area contributed by atoms with Crippen LogP contribution < -0.4 is 0 Å². The van der Waals surface area contributed by atoms with Gasteiger partial charge in [0.05, 0.1) is 6.10 Å². The Labute approximate surface area is 198 Å². The molecule has 0 aliphatic heterocycles. The third-order valence-electron chi connectivity index (χ3n) is 6.10. The number of unbranched alkanes of at least 4 members (excludes halogenated alkanes) is 2. The maximum Gasteiger partial charge on any atom is 0.185 e. The van der Waals surface area contributed by atoms with Crippen molar-refractivity contribution in [3.63, 3.8) is 0 Å². The fraction of sp³-hybridized carbons (Fsp3) is 0.414. The molecule has 0 radical (unpaired) electrons. The Bertz CT molecular complexity index is 1040. The molecule has 1 heterocycles. The molecule has 0 fully saturated rings. The van der Waals surface area contributed by atoms with Crippen molar-refractivity contribution in [2.45, 2.75) is 59.1 Å². The van der Waals surface area contributed by atoms with Crippen molar-refractivity contribution >= 4 is 22.8 Å². The van der Waals surface area contributed by atoms with Crippen LogP contribution in [0.25, 0.3) is 17.0 Å². The van der Waals surface area contributed by atoms with Crippen LogP contribution in [0.5, 0.6) is 0 Å². The monoisotopic (exact) mass is 446 g/mol. The van der Waals surface area contributed by atoms with Crippen molar-refractivity contribution in [2.24, 2.45) is 0 Å². The zero-order valence-corrected chi connectivity index (χ0v) is 20.3. The quantitative estimate of drug-likeness (QED) is 0.254. The van der Waals surface area contributed by atoms with Gasteiger partial charge >= 0.3 is 0 Å². The lowest BCUT2D eigenvalue weighted by Gasteiger charge is -2.25. The fourth-order valence-electron chi connectivity index (χ4n) is 4.18. The molecule has 4 heteroatoms. The molecule has 0 aliphatic rings. The molecular formula is C29H38N2O2. The van der Waals surface area contributed by atoms with E-state index >= 15 is 0 Å². The van der Waals surface area contributed by atoms with Gasteiger partial charge in [-0.25, -0.2) is 0 Å². The normalized spacial score (nSPS) is 12.8. The molecule has 3 aromatic rings. The number of hydrogen-bond donors (Lipinski definition) is 1. The van der Waals surface area contributed by atoms with Gasteiger partial charge in [-0.2, -0.15) is 0 Å². The van der Waals surface area contributed by atoms with Gasteiger partial charge in [0.15, 0.2) is 5.78 Å². The van der Waals surface area contributed by atoms with E-state index in [1.165, 1.54) is 0 Å². The molecule has 0 saturated carbocycles. The highest BCUT2D eigenvalue weighted by molar-refractivity contribution is 6.07. The van der Waals surface area contributed by atoms with E-state index in [4.69, 9.17) is 0 Å². The van der Waals surface area contributed by atoms with E-state index in [9.17, 15) is 9.90 Å². The summed E-state index contributed by atoms with van der Waals surface area (Å²) >= 11 is 0. The number of aromatic nitrogens is 1. The van der Waals surface area contributed by atoms with Crippen molar-refractivity contribution < 1.29 is 9.90 Å². The van der Waals surface area contributed by atoms with Crippen LogP contribution in [0.4, 0.5) is 0 Å². The summed E-state index contributed by atoms with van der Waals surface area (Å²) in [5, 5.41) is 12.0. The van der Waals surface area contributed by atoms with E-state index in [2.05, 4.69) is 41.6 Å². The van der Waals surface area contributed by atoms with E-state index in [1.807, 2.05) is 49.4 Å². The van der Waals surface area contributed by atoms with Crippen molar-refractivity contribution in [3.8, 4) is 0 Å². The summed E-state index contributed by atoms with van der Waals surface area (Å²) in [6.07, 6.45) is 9.79. The van der Waals surface area contributed by atoms with E-state index in [1.54, 1.807) is 6.08 Å². The van der Waals surface area contributed by atoms with E-state index in [0.717, 1.165) is 60.8 Å². The zero-order valence-electron chi connectivity index (χ0n) is 20.3. The first-order valence-corrected chi connectivity index (χ1v) is 12.3. The summed E-state index contributed by atoms with van der Waals surface area (Å²) < 4.78 is 2.12. The first-order chi connectivity index (χ1) is 16.0. The lowest BCUT2D eigenvalue weighted by molar-refractivity contribution is 0.0973. The van der Waals surface area contributed by atoms with Gasteiger partial charge in [-0.15, -0.1) is 0 Å². The van der Waals surface area contributed by atoms with Gasteiger partial charge in [0.2, 0.25) is 0 Å². The number of ketones is 1. The minimum absolute atomic E-state index is 0.00523. The average molecular weight is 447 g/mol. The molecule has 3 rings (SSSR count). The molecule has 0 bridgehead atoms. The highest BCUT2D eigenvalue weighted by Crippen LogP contribution is 2.23. The molecule has 0 aliphatic carbocycles. The topological polar surface area (TPSA) is 45.5 Å². The van der Waals surface area contributed by atoms with Crippen molar-refractivity contribution in [1.82, 2.24) is 9.47 Å². The van der Waals surface area contributed by atoms with Gasteiger partial charge in [0, 0.05) is 41.3 Å². The molecule has 0 saturated heterocycles. The molecule has 1 unspecified atom stereocenters. The fourth-order valence-corrected chi connectivity index (χ4v) is 4.18. The van der Waals surface area contributed by atoms with Crippen LogP contribution in [0.3, 0.4) is 0 Å². The maximum absolute atomic E-state index is 12.6. The van der Waals surface area contributed by atoms with E-state index in [-0.39, 0.29) is 5.78 Å². The molecule has 176 valence electrons. The standard InChI is InChI=1S/C29H38N2O2/c1-4-6-18-30(19-7-5-2)21-26(32)22-31-20-25(27-10-8-9-11-28(27)31)16-17-29(33)24-14-12-23(3)13-15-24/h8-17,20,26,32H,4-7,18-19,21-22H2,1-3H3. The lowest BCUT2D eigenvalue weighted by atomic mass is 10.1. The Kier molecular flexibility index (Phi) is 9.47. The summed E-state index contributed by atoms with van der Waals surface area (Å²) in [6.45, 7) is 9.72. The summed E-state index contributed by atoms with van der Waals surface area (Å²) in [5.74, 6) is -0.00523.